The van der Waals surface area contributed by atoms with Crippen LogP contribution in [0.25, 0.3) is 0 Å². The summed E-state index contributed by atoms with van der Waals surface area (Å²) in [6.07, 6.45) is -4.06. The minimum absolute atomic E-state index is 0.0411. The molecule has 0 radical (unpaired) electrons. The van der Waals surface area contributed by atoms with Crippen LogP contribution in [0, 0.1) is 5.92 Å². The van der Waals surface area contributed by atoms with Gasteiger partial charge in [-0.25, -0.2) is 8.42 Å². The molecule has 0 saturated carbocycles. The molecule has 0 bridgehead atoms. The number of anilines is 1. The van der Waals surface area contributed by atoms with Crippen molar-refractivity contribution in [3.63, 3.8) is 0 Å². The summed E-state index contributed by atoms with van der Waals surface area (Å²) in [7, 11) is -4.20. The molecule has 13 heteroatoms. The molecule has 0 heterocycles. The Bertz CT molecular complexity index is 1240. The number of nitrogens with one attached hydrogen (secondary N) is 1. The average molecular weight is 627 g/mol. The van der Waals surface area contributed by atoms with Gasteiger partial charge >= 0.3 is 6.18 Å². The van der Waals surface area contributed by atoms with Crippen molar-refractivity contribution in [2.45, 2.75) is 39.5 Å². The molecule has 0 saturated heterocycles. The molecule has 2 amide bonds. The lowest BCUT2D eigenvalue weighted by Gasteiger charge is -2.32. The Morgan fingerprint density at radius 1 is 1.11 bits per heavy atom. The average Bonchev–Trinajstić information content (AvgIpc) is 2.77. The van der Waals surface area contributed by atoms with Crippen LogP contribution in [-0.2, 0) is 32.3 Å². The summed E-state index contributed by atoms with van der Waals surface area (Å²) in [5.74, 6) is -1.08. The maximum absolute atomic E-state index is 13.5. The van der Waals surface area contributed by atoms with E-state index in [4.69, 9.17) is 11.6 Å². The predicted octanol–water partition coefficient (Wildman–Crippen LogP) is 5.08. The summed E-state index contributed by atoms with van der Waals surface area (Å²) in [6.45, 7) is 4.80. The summed E-state index contributed by atoms with van der Waals surface area (Å²) >= 11 is 9.02. The van der Waals surface area contributed by atoms with Gasteiger partial charge in [0.1, 0.15) is 12.6 Å². The van der Waals surface area contributed by atoms with Crippen molar-refractivity contribution < 1.29 is 31.2 Å². The first kappa shape index (κ1) is 30.9. The maximum atomic E-state index is 13.5. The molecule has 7 nitrogen and oxygen atoms in total. The molecule has 204 valence electrons. The van der Waals surface area contributed by atoms with Crippen molar-refractivity contribution in [2.75, 3.05) is 23.7 Å². The zero-order valence-corrected chi connectivity index (χ0v) is 23.8. The Morgan fingerprint density at radius 3 is 2.30 bits per heavy atom. The fourth-order valence-corrected chi connectivity index (χ4v) is 4.88. The molecule has 2 rings (SSSR count). The zero-order chi connectivity index (χ0) is 28.1. The highest BCUT2D eigenvalue weighted by Gasteiger charge is 2.35. The number of benzene rings is 2. The van der Waals surface area contributed by atoms with E-state index in [-0.39, 0.29) is 18.2 Å². The normalized spacial score (nSPS) is 12.8. The fraction of sp³-hybridized carbons (Fsp3) is 0.417. The Balaban J connectivity index is 2.46. The summed E-state index contributed by atoms with van der Waals surface area (Å²) in [4.78, 5) is 27.5. The first-order valence-electron chi connectivity index (χ1n) is 11.2. The highest BCUT2D eigenvalue weighted by atomic mass is 79.9. The lowest BCUT2D eigenvalue weighted by atomic mass is 10.1. The van der Waals surface area contributed by atoms with Gasteiger partial charge in [-0.1, -0.05) is 53.5 Å². The Hall–Kier alpha value is -2.31. The van der Waals surface area contributed by atoms with E-state index in [0.717, 1.165) is 22.9 Å². The van der Waals surface area contributed by atoms with Gasteiger partial charge in [-0.3, -0.25) is 13.9 Å². The molecule has 0 aromatic heterocycles. The van der Waals surface area contributed by atoms with Gasteiger partial charge in [0.2, 0.25) is 21.8 Å². The molecule has 0 spiro atoms. The lowest BCUT2D eigenvalue weighted by molar-refractivity contribution is -0.139. The number of carbonyl (C=O) groups is 2. The van der Waals surface area contributed by atoms with Gasteiger partial charge in [-0.05, 0) is 48.7 Å². The van der Waals surface area contributed by atoms with E-state index in [1.807, 2.05) is 13.8 Å². The van der Waals surface area contributed by atoms with Crippen molar-refractivity contribution in [1.82, 2.24) is 10.2 Å². The van der Waals surface area contributed by atoms with Crippen LogP contribution < -0.4 is 9.62 Å². The third-order valence-corrected chi connectivity index (χ3v) is 7.28. The second kappa shape index (κ2) is 12.5. The molecule has 1 atom stereocenters. The van der Waals surface area contributed by atoms with Crippen LogP contribution in [0.1, 0.15) is 31.9 Å². The van der Waals surface area contributed by atoms with Crippen LogP contribution in [0.2, 0.25) is 5.02 Å². The fourth-order valence-electron chi connectivity index (χ4n) is 3.37. The summed E-state index contributed by atoms with van der Waals surface area (Å²) in [5.41, 5.74) is -0.963. The maximum Gasteiger partial charge on any atom is 0.417 e. The van der Waals surface area contributed by atoms with E-state index >= 15 is 0 Å². The summed E-state index contributed by atoms with van der Waals surface area (Å²) in [5, 5.41) is 2.14. The van der Waals surface area contributed by atoms with Crippen LogP contribution in [0.3, 0.4) is 0 Å². The van der Waals surface area contributed by atoms with Gasteiger partial charge in [0.25, 0.3) is 0 Å². The molecular formula is C24H28BrClF3N3O4S. The molecular weight excluding hydrogens is 599 g/mol. The van der Waals surface area contributed by atoms with Crippen LogP contribution in [0.4, 0.5) is 18.9 Å². The summed E-state index contributed by atoms with van der Waals surface area (Å²) in [6, 6.07) is 8.57. The highest BCUT2D eigenvalue weighted by molar-refractivity contribution is 9.10. The van der Waals surface area contributed by atoms with Crippen LogP contribution in [0.5, 0.6) is 0 Å². The lowest BCUT2D eigenvalue weighted by Crippen LogP contribution is -2.51. The van der Waals surface area contributed by atoms with Gasteiger partial charge < -0.3 is 10.2 Å². The van der Waals surface area contributed by atoms with E-state index < -0.39 is 51.2 Å². The van der Waals surface area contributed by atoms with Gasteiger partial charge in [0.05, 0.1) is 22.5 Å². The van der Waals surface area contributed by atoms with Crippen LogP contribution >= 0.6 is 27.5 Å². The summed E-state index contributed by atoms with van der Waals surface area (Å²) < 4.78 is 66.7. The minimum atomic E-state index is -4.84. The third-order valence-electron chi connectivity index (χ3n) is 5.32. The molecule has 2 aromatic rings. The number of hydrogen-bond acceptors (Lipinski definition) is 4. The highest BCUT2D eigenvalue weighted by Crippen LogP contribution is 2.37. The quantitative estimate of drug-likeness (QED) is 0.399. The smallest absolute Gasteiger partial charge is 0.354 e. The second-order valence-electron chi connectivity index (χ2n) is 8.90. The van der Waals surface area contributed by atoms with Crippen molar-refractivity contribution in [1.29, 1.82) is 0 Å². The molecule has 37 heavy (non-hydrogen) atoms. The SMILES string of the molecule is CC(C)CNC(=O)[C@@H](C)N(Cc1cccc(Br)c1)C(=O)CN(c1ccc(Cl)c(C(F)(F)F)c1)S(C)(=O)=O. The van der Waals surface area contributed by atoms with Crippen LogP contribution in [0.15, 0.2) is 46.9 Å². The van der Waals surface area contributed by atoms with Crippen molar-refractivity contribution in [2.24, 2.45) is 5.92 Å². The molecule has 0 aliphatic heterocycles. The number of alkyl halides is 3. The van der Waals surface area contributed by atoms with Crippen molar-refractivity contribution in [3.8, 4) is 0 Å². The number of hydrogen-bond donors (Lipinski definition) is 1. The van der Waals surface area contributed by atoms with E-state index in [1.54, 1.807) is 24.3 Å². The number of halogens is 5. The number of amides is 2. The standard InChI is InChI=1S/C24H28BrClF3N3O4S/c1-15(2)12-30-23(34)16(3)31(13-17-6-5-7-18(25)10-17)22(33)14-32(37(4,35)36)19-8-9-21(26)20(11-19)24(27,28)29/h5-11,15-16H,12-14H2,1-4H3,(H,30,34)/t16-/m1/s1. The molecule has 0 aliphatic rings. The Labute approximate surface area is 228 Å². The predicted molar refractivity (Wildman–Crippen MR) is 141 cm³/mol. The first-order valence-corrected chi connectivity index (χ1v) is 14.2. The van der Waals surface area contributed by atoms with Gasteiger partial charge in [-0.15, -0.1) is 0 Å². The zero-order valence-electron chi connectivity index (χ0n) is 20.6. The topological polar surface area (TPSA) is 86.8 Å². The van der Waals surface area contributed by atoms with E-state index in [1.165, 1.54) is 11.8 Å². The number of carbonyl (C=O) groups excluding carboxylic acids is 2. The van der Waals surface area contributed by atoms with E-state index in [2.05, 4.69) is 21.2 Å². The molecule has 1 N–H and O–H groups in total. The molecule has 0 aliphatic carbocycles. The van der Waals surface area contributed by atoms with Crippen LogP contribution in [-0.4, -0.2) is 50.5 Å². The first-order chi connectivity index (χ1) is 17.0. The number of nitrogens with zero attached hydrogens (tertiary/aromatic N) is 2. The van der Waals surface area contributed by atoms with E-state index in [0.29, 0.717) is 22.5 Å². The Morgan fingerprint density at radius 2 is 1.76 bits per heavy atom. The molecule has 0 unspecified atom stereocenters. The number of sulfonamides is 1. The second-order valence-corrected chi connectivity index (χ2v) is 12.1. The monoisotopic (exact) mass is 625 g/mol. The Kier molecular flexibility index (Phi) is 10.4. The third kappa shape index (κ3) is 8.89. The molecule has 0 fully saturated rings. The van der Waals surface area contributed by atoms with E-state index in [9.17, 15) is 31.2 Å². The number of rotatable bonds is 10. The minimum Gasteiger partial charge on any atom is -0.354 e. The largest absolute Gasteiger partial charge is 0.417 e. The van der Waals surface area contributed by atoms with Gasteiger partial charge in [0, 0.05) is 17.6 Å². The van der Waals surface area contributed by atoms with Crippen molar-refractivity contribution in [3.05, 3.63) is 63.1 Å². The van der Waals surface area contributed by atoms with Crippen molar-refractivity contribution >= 4 is 55.1 Å². The van der Waals surface area contributed by atoms with Gasteiger partial charge in [0.15, 0.2) is 0 Å². The van der Waals surface area contributed by atoms with Gasteiger partial charge in [-0.2, -0.15) is 13.2 Å². The molecule has 2 aromatic carbocycles.